The number of aromatic nitrogens is 2. The van der Waals surface area contributed by atoms with E-state index < -0.39 is 0 Å². The second-order valence-electron chi connectivity index (χ2n) is 4.82. The quantitative estimate of drug-likeness (QED) is 0.825. The summed E-state index contributed by atoms with van der Waals surface area (Å²) in [6.45, 7) is 7.90. The fourth-order valence-electron chi connectivity index (χ4n) is 1.51. The SMILES string of the molecule is CCN(CC(C)(C)CN)C(=O)c1ccnnc1. The van der Waals surface area contributed by atoms with Gasteiger partial charge in [-0.3, -0.25) is 4.79 Å². The van der Waals surface area contributed by atoms with Gasteiger partial charge in [-0.25, -0.2) is 0 Å². The molecule has 94 valence electrons. The lowest BCUT2D eigenvalue weighted by molar-refractivity contribution is 0.0700. The maximum absolute atomic E-state index is 12.2. The Balaban J connectivity index is 2.78. The molecular formula is C12H20N4O. The van der Waals surface area contributed by atoms with Gasteiger partial charge in [-0.2, -0.15) is 10.2 Å². The van der Waals surface area contributed by atoms with Gasteiger partial charge in [-0.1, -0.05) is 13.8 Å². The highest BCUT2D eigenvalue weighted by molar-refractivity contribution is 5.93. The van der Waals surface area contributed by atoms with Crippen LogP contribution in [0.2, 0.25) is 0 Å². The topological polar surface area (TPSA) is 72.1 Å². The van der Waals surface area contributed by atoms with Crippen LogP contribution >= 0.6 is 0 Å². The molecule has 1 aromatic rings. The highest BCUT2D eigenvalue weighted by Gasteiger charge is 2.23. The minimum Gasteiger partial charge on any atom is -0.338 e. The summed E-state index contributed by atoms with van der Waals surface area (Å²) in [5.74, 6) is -0.0241. The Morgan fingerprint density at radius 1 is 1.47 bits per heavy atom. The molecule has 0 aliphatic rings. The molecule has 5 heteroatoms. The van der Waals surface area contributed by atoms with Crippen LogP contribution in [0, 0.1) is 5.41 Å². The molecule has 0 fully saturated rings. The number of hydrogen-bond acceptors (Lipinski definition) is 4. The van der Waals surface area contributed by atoms with Crippen LogP contribution in [0.4, 0.5) is 0 Å². The number of amides is 1. The number of rotatable bonds is 5. The van der Waals surface area contributed by atoms with Gasteiger partial charge >= 0.3 is 0 Å². The van der Waals surface area contributed by atoms with Gasteiger partial charge in [0.25, 0.3) is 5.91 Å². The Bertz CT molecular complexity index is 364. The number of carbonyl (C=O) groups excluding carboxylic acids is 1. The predicted molar refractivity (Wildman–Crippen MR) is 66.4 cm³/mol. The zero-order valence-electron chi connectivity index (χ0n) is 10.7. The summed E-state index contributed by atoms with van der Waals surface area (Å²) in [6.07, 6.45) is 3.01. The normalized spacial score (nSPS) is 11.3. The van der Waals surface area contributed by atoms with E-state index in [0.717, 1.165) is 0 Å². The molecular weight excluding hydrogens is 216 g/mol. The predicted octanol–water partition coefficient (Wildman–Crippen LogP) is 0.924. The van der Waals surface area contributed by atoms with Gasteiger partial charge in [0.15, 0.2) is 0 Å². The molecule has 0 aliphatic heterocycles. The van der Waals surface area contributed by atoms with Crippen LogP contribution in [-0.2, 0) is 0 Å². The molecule has 5 nitrogen and oxygen atoms in total. The van der Waals surface area contributed by atoms with E-state index in [1.807, 2.05) is 20.8 Å². The first kappa shape index (κ1) is 13.6. The largest absolute Gasteiger partial charge is 0.338 e. The van der Waals surface area contributed by atoms with Gasteiger partial charge < -0.3 is 10.6 Å². The van der Waals surface area contributed by atoms with Crippen molar-refractivity contribution in [3.8, 4) is 0 Å². The Labute approximate surface area is 102 Å². The van der Waals surface area contributed by atoms with Crippen molar-refractivity contribution in [2.45, 2.75) is 20.8 Å². The molecule has 1 rings (SSSR count). The number of hydrogen-bond donors (Lipinski definition) is 1. The number of carbonyl (C=O) groups is 1. The summed E-state index contributed by atoms with van der Waals surface area (Å²) in [5.41, 5.74) is 6.18. The molecule has 0 spiro atoms. The highest BCUT2D eigenvalue weighted by atomic mass is 16.2. The average Bonchev–Trinajstić information content (AvgIpc) is 2.36. The molecule has 0 unspecified atom stereocenters. The van der Waals surface area contributed by atoms with Crippen LogP contribution in [0.3, 0.4) is 0 Å². The molecule has 0 aromatic carbocycles. The first-order valence-corrected chi connectivity index (χ1v) is 5.76. The van der Waals surface area contributed by atoms with Gasteiger partial charge in [0.1, 0.15) is 0 Å². The van der Waals surface area contributed by atoms with Gasteiger partial charge in [-0.15, -0.1) is 0 Å². The summed E-state index contributed by atoms with van der Waals surface area (Å²) in [7, 11) is 0. The third kappa shape index (κ3) is 3.78. The lowest BCUT2D eigenvalue weighted by Crippen LogP contribution is -2.42. The third-order valence-electron chi connectivity index (χ3n) is 2.67. The first-order chi connectivity index (χ1) is 8.00. The summed E-state index contributed by atoms with van der Waals surface area (Å²) in [6, 6.07) is 1.67. The second-order valence-corrected chi connectivity index (χ2v) is 4.82. The van der Waals surface area contributed by atoms with Gasteiger partial charge in [-0.05, 0) is 24.9 Å². The van der Waals surface area contributed by atoms with Crippen molar-refractivity contribution in [1.82, 2.24) is 15.1 Å². The summed E-state index contributed by atoms with van der Waals surface area (Å²) >= 11 is 0. The Morgan fingerprint density at radius 2 is 2.18 bits per heavy atom. The maximum atomic E-state index is 12.2. The zero-order valence-corrected chi connectivity index (χ0v) is 10.7. The molecule has 2 N–H and O–H groups in total. The molecule has 0 radical (unpaired) electrons. The molecule has 0 saturated heterocycles. The smallest absolute Gasteiger partial charge is 0.255 e. The fraction of sp³-hybridized carbons (Fsp3) is 0.583. The molecule has 1 amide bonds. The van der Waals surface area contributed by atoms with Crippen LogP contribution in [0.25, 0.3) is 0 Å². The molecule has 1 heterocycles. The third-order valence-corrected chi connectivity index (χ3v) is 2.67. The van der Waals surface area contributed by atoms with Crippen LogP contribution in [-0.4, -0.2) is 40.6 Å². The minimum atomic E-state index is -0.0773. The first-order valence-electron chi connectivity index (χ1n) is 5.76. The van der Waals surface area contributed by atoms with Crippen molar-refractivity contribution in [2.24, 2.45) is 11.1 Å². The van der Waals surface area contributed by atoms with Crippen molar-refractivity contribution in [1.29, 1.82) is 0 Å². The average molecular weight is 236 g/mol. The molecule has 0 bridgehead atoms. The van der Waals surface area contributed by atoms with Crippen molar-refractivity contribution >= 4 is 5.91 Å². The van der Waals surface area contributed by atoms with E-state index in [9.17, 15) is 4.79 Å². The summed E-state index contributed by atoms with van der Waals surface area (Å²) in [4.78, 5) is 14.0. The van der Waals surface area contributed by atoms with Gasteiger partial charge in [0.2, 0.25) is 0 Å². The Kier molecular flexibility index (Phi) is 4.57. The van der Waals surface area contributed by atoms with E-state index >= 15 is 0 Å². The van der Waals surface area contributed by atoms with Gasteiger partial charge in [0.05, 0.1) is 18.0 Å². The van der Waals surface area contributed by atoms with Crippen LogP contribution in [0.15, 0.2) is 18.5 Å². The van der Waals surface area contributed by atoms with Crippen molar-refractivity contribution in [3.63, 3.8) is 0 Å². The summed E-state index contributed by atoms with van der Waals surface area (Å²) in [5, 5.41) is 7.38. The minimum absolute atomic E-state index is 0.0241. The fourth-order valence-corrected chi connectivity index (χ4v) is 1.51. The van der Waals surface area contributed by atoms with E-state index in [1.165, 1.54) is 12.4 Å². The van der Waals surface area contributed by atoms with Crippen molar-refractivity contribution < 1.29 is 4.79 Å². The van der Waals surface area contributed by atoms with Crippen molar-refractivity contribution in [3.05, 3.63) is 24.0 Å². The number of nitrogens with two attached hydrogens (primary N) is 1. The zero-order chi connectivity index (χ0) is 12.9. The number of nitrogens with zero attached hydrogens (tertiary/aromatic N) is 3. The van der Waals surface area contributed by atoms with Crippen molar-refractivity contribution in [2.75, 3.05) is 19.6 Å². The van der Waals surface area contributed by atoms with Gasteiger partial charge in [0, 0.05) is 13.1 Å². The Hall–Kier alpha value is -1.49. The molecule has 0 atom stereocenters. The van der Waals surface area contributed by atoms with Crippen LogP contribution in [0.5, 0.6) is 0 Å². The lowest BCUT2D eigenvalue weighted by Gasteiger charge is -2.31. The standard InChI is InChI=1S/C12H20N4O/c1-4-16(9-12(2,3)8-13)11(17)10-5-6-14-15-7-10/h5-7H,4,8-9,13H2,1-3H3. The van der Waals surface area contributed by atoms with E-state index in [4.69, 9.17) is 5.73 Å². The molecule has 1 aromatic heterocycles. The lowest BCUT2D eigenvalue weighted by atomic mass is 9.93. The molecule has 17 heavy (non-hydrogen) atoms. The van der Waals surface area contributed by atoms with E-state index in [2.05, 4.69) is 10.2 Å². The summed E-state index contributed by atoms with van der Waals surface area (Å²) < 4.78 is 0. The van der Waals surface area contributed by atoms with Crippen LogP contribution in [0.1, 0.15) is 31.1 Å². The molecule has 0 aliphatic carbocycles. The van der Waals surface area contributed by atoms with E-state index in [1.54, 1.807) is 11.0 Å². The van der Waals surface area contributed by atoms with E-state index in [0.29, 0.717) is 25.2 Å². The van der Waals surface area contributed by atoms with Crippen LogP contribution < -0.4 is 5.73 Å². The highest BCUT2D eigenvalue weighted by Crippen LogP contribution is 2.16. The monoisotopic (exact) mass is 236 g/mol. The maximum Gasteiger partial charge on any atom is 0.255 e. The molecule has 0 saturated carbocycles. The second kappa shape index (κ2) is 5.72. The Morgan fingerprint density at radius 3 is 2.65 bits per heavy atom. The van der Waals surface area contributed by atoms with E-state index in [-0.39, 0.29) is 11.3 Å².